The molecule has 2 atom stereocenters. The number of amides is 2. The lowest BCUT2D eigenvalue weighted by Crippen LogP contribution is -2.60. The van der Waals surface area contributed by atoms with Crippen molar-refractivity contribution in [1.29, 1.82) is 10.5 Å². The van der Waals surface area contributed by atoms with E-state index in [1.165, 1.54) is 5.56 Å². The summed E-state index contributed by atoms with van der Waals surface area (Å²) in [6.07, 6.45) is 0.991. The Balaban J connectivity index is 0.00000225. The van der Waals surface area contributed by atoms with Gasteiger partial charge >= 0.3 is 0 Å². The van der Waals surface area contributed by atoms with Gasteiger partial charge in [0, 0.05) is 12.0 Å². The maximum Gasteiger partial charge on any atom is 0.244 e. The summed E-state index contributed by atoms with van der Waals surface area (Å²) in [5.74, 6) is -3.02. The summed E-state index contributed by atoms with van der Waals surface area (Å²) >= 11 is 0. The van der Waals surface area contributed by atoms with Gasteiger partial charge in [-0.15, -0.1) is 0 Å². The van der Waals surface area contributed by atoms with Gasteiger partial charge in [0.25, 0.3) is 0 Å². The average Bonchev–Trinajstić information content (AvgIpc) is 2.58. The predicted molar refractivity (Wildman–Crippen MR) is 89.8 cm³/mol. The smallest absolute Gasteiger partial charge is 0.244 e. The van der Waals surface area contributed by atoms with Crippen LogP contribution in [0, 0.1) is 39.9 Å². The summed E-state index contributed by atoms with van der Waals surface area (Å²) in [6.45, 7) is 2.10. The van der Waals surface area contributed by atoms with Crippen LogP contribution in [0.3, 0.4) is 0 Å². The number of hydrogen-bond donors (Lipinski definition) is 2. The third-order valence-electron chi connectivity index (χ3n) is 5.21. The second kappa shape index (κ2) is 7.43. The lowest BCUT2D eigenvalue weighted by Gasteiger charge is -2.47. The molecule has 2 aliphatic heterocycles. The van der Waals surface area contributed by atoms with Crippen molar-refractivity contribution in [2.24, 2.45) is 17.3 Å². The fourth-order valence-electron chi connectivity index (χ4n) is 3.88. The minimum atomic E-state index is -0.946. The third-order valence-corrected chi connectivity index (χ3v) is 5.21. The molecule has 1 spiro atoms. The van der Waals surface area contributed by atoms with Crippen LogP contribution in [0.15, 0.2) is 30.3 Å². The van der Waals surface area contributed by atoms with Crippen LogP contribution in [0.4, 0.5) is 0 Å². The van der Waals surface area contributed by atoms with Crippen LogP contribution >= 0.6 is 0 Å². The first-order chi connectivity index (χ1) is 11.6. The van der Waals surface area contributed by atoms with E-state index in [0.717, 1.165) is 6.54 Å². The number of carbonyl (C=O) groups excluding carboxylic acids is 2. The molecule has 0 saturated carbocycles. The number of benzene rings is 1. The Labute approximate surface area is 146 Å². The number of nitrogens with one attached hydrogen (secondary N) is 1. The molecule has 3 rings (SSSR count). The van der Waals surface area contributed by atoms with Gasteiger partial charge in [-0.25, -0.2) is 0 Å². The molecule has 0 aliphatic carbocycles. The van der Waals surface area contributed by atoms with Crippen molar-refractivity contribution in [2.75, 3.05) is 13.1 Å². The molecule has 2 aliphatic rings. The Kier molecular flexibility index (Phi) is 5.53. The van der Waals surface area contributed by atoms with Gasteiger partial charge in [0.2, 0.25) is 11.8 Å². The SMILES string of the molecule is N.N#CC1C(=O)NC(=O)C(C#N)C12CCN(Cc1ccccc1)CC2. The van der Waals surface area contributed by atoms with Crippen LogP contribution in [0.5, 0.6) is 0 Å². The highest BCUT2D eigenvalue weighted by molar-refractivity contribution is 6.03. The van der Waals surface area contributed by atoms with Crippen molar-refractivity contribution in [3.05, 3.63) is 35.9 Å². The van der Waals surface area contributed by atoms with Gasteiger partial charge in [-0.1, -0.05) is 30.3 Å². The second-order valence-electron chi connectivity index (χ2n) is 6.47. The summed E-state index contributed by atoms with van der Waals surface area (Å²) < 4.78 is 0. The average molecular weight is 339 g/mol. The summed E-state index contributed by atoms with van der Waals surface area (Å²) in [5.41, 5.74) is 0.329. The number of rotatable bonds is 2. The Morgan fingerprint density at radius 3 is 2.04 bits per heavy atom. The maximum atomic E-state index is 12.1. The molecule has 130 valence electrons. The predicted octanol–water partition coefficient (Wildman–Crippen LogP) is 1.37. The van der Waals surface area contributed by atoms with Crippen LogP contribution in [0.2, 0.25) is 0 Å². The van der Waals surface area contributed by atoms with Crippen LogP contribution in [0.1, 0.15) is 18.4 Å². The van der Waals surface area contributed by atoms with E-state index in [4.69, 9.17) is 0 Å². The van der Waals surface area contributed by atoms with E-state index in [2.05, 4.69) is 22.3 Å². The monoisotopic (exact) mass is 339 g/mol. The quantitative estimate of drug-likeness (QED) is 0.782. The van der Waals surface area contributed by atoms with E-state index < -0.39 is 29.1 Å². The summed E-state index contributed by atoms with van der Waals surface area (Å²) in [6, 6.07) is 14.1. The zero-order valence-electron chi connectivity index (χ0n) is 13.9. The molecule has 0 radical (unpaired) electrons. The van der Waals surface area contributed by atoms with Gasteiger partial charge in [-0.05, 0) is 31.5 Å². The lowest BCUT2D eigenvalue weighted by molar-refractivity contribution is -0.147. The van der Waals surface area contributed by atoms with Crippen molar-refractivity contribution in [1.82, 2.24) is 16.4 Å². The molecular weight excluding hydrogens is 318 g/mol. The van der Waals surface area contributed by atoms with Crippen LogP contribution < -0.4 is 11.5 Å². The van der Waals surface area contributed by atoms with E-state index in [-0.39, 0.29) is 6.15 Å². The molecule has 1 aromatic rings. The van der Waals surface area contributed by atoms with Crippen molar-refractivity contribution in [3.63, 3.8) is 0 Å². The highest BCUT2D eigenvalue weighted by Crippen LogP contribution is 2.47. The minimum absolute atomic E-state index is 0. The van der Waals surface area contributed by atoms with Crippen LogP contribution in [-0.2, 0) is 16.1 Å². The van der Waals surface area contributed by atoms with Crippen molar-refractivity contribution in [3.8, 4) is 12.1 Å². The zero-order valence-corrected chi connectivity index (χ0v) is 13.9. The number of likely N-dealkylation sites (tertiary alicyclic amines) is 1. The highest BCUT2D eigenvalue weighted by Gasteiger charge is 2.57. The Morgan fingerprint density at radius 1 is 1.04 bits per heavy atom. The number of nitrogens with zero attached hydrogens (tertiary/aromatic N) is 3. The molecule has 7 heteroatoms. The Bertz CT molecular complexity index is 692. The number of carbonyl (C=O) groups is 2. The lowest BCUT2D eigenvalue weighted by atomic mass is 9.59. The zero-order chi connectivity index (χ0) is 17.2. The third kappa shape index (κ3) is 3.25. The minimum Gasteiger partial charge on any atom is -0.344 e. The first-order valence-corrected chi connectivity index (χ1v) is 8.01. The van der Waals surface area contributed by atoms with E-state index in [9.17, 15) is 20.1 Å². The molecule has 7 nitrogen and oxygen atoms in total. The van der Waals surface area contributed by atoms with Crippen molar-refractivity contribution < 1.29 is 9.59 Å². The van der Waals surface area contributed by atoms with Gasteiger partial charge in [-0.2, -0.15) is 10.5 Å². The maximum absolute atomic E-state index is 12.1. The second-order valence-corrected chi connectivity index (χ2v) is 6.47. The number of imide groups is 1. The van der Waals surface area contributed by atoms with E-state index >= 15 is 0 Å². The van der Waals surface area contributed by atoms with Gasteiger partial charge in [0.15, 0.2) is 0 Å². The van der Waals surface area contributed by atoms with Gasteiger partial charge < -0.3 is 6.15 Å². The normalized spacial score (nSPS) is 25.4. The molecule has 2 amide bonds. The molecule has 25 heavy (non-hydrogen) atoms. The number of hydrogen-bond acceptors (Lipinski definition) is 6. The molecule has 2 heterocycles. The molecular formula is C18H21N5O2. The van der Waals surface area contributed by atoms with E-state index in [1.54, 1.807) is 0 Å². The van der Waals surface area contributed by atoms with Gasteiger partial charge in [-0.3, -0.25) is 19.8 Å². The summed E-state index contributed by atoms with van der Waals surface area (Å²) in [5, 5.41) is 21.0. The molecule has 4 N–H and O–H groups in total. The van der Waals surface area contributed by atoms with Crippen LogP contribution in [-0.4, -0.2) is 29.8 Å². The van der Waals surface area contributed by atoms with Crippen molar-refractivity contribution in [2.45, 2.75) is 19.4 Å². The topological polar surface area (TPSA) is 132 Å². The number of piperidine rings is 2. The fourth-order valence-corrected chi connectivity index (χ4v) is 3.88. The molecule has 0 aromatic heterocycles. The molecule has 2 unspecified atom stereocenters. The van der Waals surface area contributed by atoms with Gasteiger partial charge in [0.05, 0.1) is 12.1 Å². The Hall–Kier alpha value is -2.74. The molecule has 2 fully saturated rings. The van der Waals surface area contributed by atoms with E-state index in [1.807, 2.05) is 30.3 Å². The molecule has 0 bridgehead atoms. The highest BCUT2D eigenvalue weighted by atomic mass is 16.2. The first-order valence-electron chi connectivity index (χ1n) is 8.01. The first kappa shape index (κ1) is 18.6. The largest absolute Gasteiger partial charge is 0.344 e. The van der Waals surface area contributed by atoms with E-state index in [0.29, 0.717) is 25.9 Å². The fraction of sp³-hybridized carbons (Fsp3) is 0.444. The Morgan fingerprint density at radius 2 is 1.56 bits per heavy atom. The van der Waals surface area contributed by atoms with Crippen LogP contribution in [0.25, 0.3) is 0 Å². The number of nitriles is 2. The standard InChI is InChI=1S/C18H18N4O2.H3N/c19-10-14-16(23)21-17(24)15(11-20)18(14)6-8-22(9-7-18)12-13-4-2-1-3-5-13;/h1-5,14-15H,6-9,12H2,(H,21,23,24);1H3. The summed E-state index contributed by atoms with van der Waals surface area (Å²) in [7, 11) is 0. The van der Waals surface area contributed by atoms with Gasteiger partial charge in [0.1, 0.15) is 11.8 Å². The summed E-state index contributed by atoms with van der Waals surface area (Å²) in [4.78, 5) is 26.4. The molecule has 2 saturated heterocycles. The molecule has 1 aromatic carbocycles. The van der Waals surface area contributed by atoms with Crippen molar-refractivity contribution >= 4 is 11.8 Å².